The molecular weight excluding hydrogens is 243 g/mol. The van der Waals surface area contributed by atoms with Crippen LogP contribution in [-0.2, 0) is 6.18 Å². The summed E-state index contributed by atoms with van der Waals surface area (Å²) in [5.41, 5.74) is 5.57. The van der Waals surface area contributed by atoms with Crippen LogP contribution in [0.4, 0.5) is 24.5 Å². The average Bonchev–Trinajstić information content (AvgIpc) is 2.55. The summed E-state index contributed by atoms with van der Waals surface area (Å²) >= 11 is 0. The Hall–Kier alpha value is -1.43. The van der Waals surface area contributed by atoms with Crippen LogP contribution in [-0.4, -0.2) is 26.2 Å². The van der Waals surface area contributed by atoms with Crippen molar-refractivity contribution >= 4 is 11.4 Å². The van der Waals surface area contributed by atoms with Crippen molar-refractivity contribution in [2.45, 2.75) is 12.6 Å². The molecule has 1 aliphatic heterocycles. The third-order valence-corrected chi connectivity index (χ3v) is 2.97. The van der Waals surface area contributed by atoms with Gasteiger partial charge in [0.15, 0.2) is 0 Å². The smallest absolute Gasteiger partial charge is 0.399 e. The number of nitrogens with one attached hydrogen (secondary N) is 1. The Bertz CT molecular complexity index is 410. The van der Waals surface area contributed by atoms with Crippen molar-refractivity contribution in [2.75, 3.05) is 36.8 Å². The second-order valence-corrected chi connectivity index (χ2v) is 4.40. The van der Waals surface area contributed by atoms with E-state index in [4.69, 9.17) is 5.73 Å². The summed E-state index contributed by atoms with van der Waals surface area (Å²) in [7, 11) is 0. The molecule has 3 N–H and O–H groups in total. The first-order valence-electron chi connectivity index (χ1n) is 5.90. The number of nitrogens with two attached hydrogens (primary N) is 1. The topological polar surface area (TPSA) is 41.3 Å². The molecule has 1 saturated heterocycles. The van der Waals surface area contributed by atoms with Crippen LogP contribution >= 0.6 is 0 Å². The van der Waals surface area contributed by atoms with Gasteiger partial charge in [-0.15, -0.1) is 0 Å². The first kappa shape index (κ1) is 13.0. The Morgan fingerprint density at radius 3 is 2.61 bits per heavy atom. The molecule has 0 spiro atoms. The lowest BCUT2D eigenvalue weighted by atomic mass is 10.1. The molecule has 1 fully saturated rings. The molecule has 0 unspecified atom stereocenters. The normalized spacial score (nSPS) is 17.6. The zero-order valence-electron chi connectivity index (χ0n) is 9.93. The van der Waals surface area contributed by atoms with Gasteiger partial charge >= 0.3 is 6.18 Å². The molecule has 1 aromatic rings. The fourth-order valence-electron chi connectivity index (χ4n) is 2.08. The number of benzene rings is 1. The van der Waals surface area contributed by atoms with Gasteiger partial charge in [0.2, 0.25) is 0 Å². The summed E-state index contributed by atoms with van der Waals surface area (Å²) in [6.07, 6.45) is -3.44. The van der Waals surface area contributed by atoms with Crippen LogP contribution in [0.5, 0.6) is 0 Å². The molecule has 0 radical (unpaired) electrons. The first-order valence-corrected chi connectivity index (χ1v) is 5.90. The Morgan fingerprint density at radius 1 is 1.11 bits per heavy atom. The fourth-order valence-corrected chi connectivity index (χ4v) is 2.08. The van der Waals surface area contributed by atoms with Gasteiger partial charge in [-0.3, -0.25) is 0 Å². The lowest BCUT2D eigenvalue weighted by Gasteiger charge is -2.23. The minimum absolute atomic E-state index is 0.150. The molecule has 2 rings (SSSR count). The predicted molar refractivity (Wildman–Crippen MR) is 65.6 cm³/mol. The lowest BCUT2D eigenvalue weighted by molar-refractivity contribution is -0.137. The van der Waals surface area contributed by atoms with E-state index >= 15 is 0 Å². The predicted octanol–water partition coefficient (Wildman–Crippen LogP) is 2.09. The minimum atomic E-state index is -4.35. The van der Waals surface area contributed by atoms with Crippen molar-refractivity contribution in [1.82, 2.24) is 5.32 Å². The van der Waals surface area contributed by atoms with E-state index in [1.807, 2.05) is 4.90 Å². The minimum Gasteiger partial charge on any atom is -0.399 e. The summed E-state index contributed by atoms with van der Waals surface area (Å²) in [5.74, 6) is 0. The number of alkyl halides is 3. The molecule has 1 aliphatic rings. The molecule has 0 amide bonds. The molecule has 0 saturated carbocycles. The number of anilines is 2. The summed E-state index contributed by atoms with van der Waals surface area (Å²) < 4.78 is 38.1. The highest BCUT2D eigenvalue weighted by molar-refractivity contribution is 5.59. The van der Waals surface area contributed by atoms with E-state index in [1.54, 1.807) is 6.07 Å². The molecule has 100 valence electrons. The Morgan fingerprint density at radius 2 is 1.89 bits per heavy atom. The Labute approximate surface area is 104 Å². The van der Waals surface area contributed by atoms with Gasteiger partial charge in [0.05, 0.1) is 5.56 Å². The zero-order chi connectivity index (χ0) is 13.2. The standard InChI is InChI=1S/C12H16F3N3/c13-12(14,15)9-6-10(16)8-11(7-9)18-4-1-2-17-3-5-18/h6-8,17H,1-5,16H2. The van der Waals surface area contributed by atoms with Gasteiger partial charge in [-0.05, 0) is 31.2 Å². The summed E-state index contributed by atoms with van der Waals surface area (Å²) in [6.45, 7) is 3.11. The van der Waals surface area contributed by atoms with Gasteiger partial charge in [-0.2, -0.15) is 13.2 Å². The number of rotatable bonds is 1. The van der Waals surface area contributed by atoms with Crippen LogP contribution in [0.15, 0.2) is 18.2 Å². The largest absolute Gasteiger partial charge is 0.416 e. The number of hydrogen-bond donors (Lipinski definition) is 2. The van der Waals surface area contributed by atoms with Crippen LogP contribution in [0.1, 0.15) is 12.0 Å². The number of halogens is 3. The fraction of sp³-hybridized carbons (Fsp3) is 0.500. The molecule has 3 nitrogen and oxygen atoms in total. The maximum atomic E-state index is 12.7. The molecule has 1 aromatic carbocycles. The van der Waals surface area contributed by atoms with Crippen LogP contribution in [0.25, 0.3) is 0 Å². The zero-order valence-corrected chi connectivity index (χ0v) is 9.93. The third-order valence-electron chi connectivity index (χ3n) is 2.97. The van der Waals surface area contributed by atoms with E-state index in [-0.39, 0.29) is 5.69 Å². The van der Waals surface area contributed by atoms with Gasteiger partial charge in [0, 0.05) is 31.0 Å². The van der Waals surface area contributed by atoms with E-state index < -0.39 is 11.7 Å². The van der Waals surface area contributed by atoms with E-state index in [0.29, 0.717) is 12.2 Å². The quantitative estimate of drug-likeness (QED) is 0.759. The molecule has 1 heterocycles. The highest BCUT2D eigenvalue weighted by Gasteiger charge is 2.31. The number of nitrogens with zero attached hydrogens (tertiary/aromatic N) is 1. The van der Waals surface area contributed by atoms with Crippen molar-refractivity contribution < 1.29 is 13.2 Å². The second-order valence-electron chi connectivity index (χ2n) is 4.40. The third kappa shape index (κ3) is 3.07. The van der Waals surface area contributed by atoms with Crippen LogP contribution in [0.3, 0.4) is 0 Å². The molecule has 6 heteroatoms. The van der Waals surface area contributed by atoms with Crippen LogP contribution < -0.4 is 16.0 Å². The van der Waals surface area contributed by atoms with Gasteiger partial charge in [0.1, 0.15) is 0 Å². The SMILES string of the molecule is Nc1cc(N2CCCNCC2)cc(C(F)(F)F)c1. The number of nitrogen functional groups attached to an aromatic ring is 1. The lowest BCUT2D eigenvalue weighted by Crippen LogP contribution is -2.28. The second kappa shape index (κ2) is 5.06. The van der Waals surface area contributed by atoms with Crippen molar-refractivity contribution in [1.29, 1.82) is 0 Å². The monoisotopic (exact) mass is 259 g/mol. The first-order chi connectivity index (χ1) is 8.47. The number of hydrogen-bond acceptors (Lipinski definition) is 3. The van der Waals surface area contributed by atoms with Crippen LogP contribution in [0, 0.1) is 0 Å². The maximum absolute atomic E-state index is 12.7. The Kier molecular flexibility index (Phi) is 3.65. The van der Waals surface area contributed by atoms with Gasteiger partial charge in [0.25, 0.3) is 0 Å². The van der Waals surface area contributed by atoms with Crippen molar-refractivity contribution in [3.63, 3.8) is 0 Å². The Balaban J connectivity index is 2.29. The molecular formula is C12H16F3N3. The molecule has 0 aliphatic carbocycles. The van der Waals surface area contributed by atoms with Crippen molar-refractivity contribution in [2.24, 2.45) is 0 Å². The summed E-state index contributed by atoms with van der Waals surface area (Å²) in [5, 5.41) is 3.21. The van der Waals surface area contributed by atoms with Gasteiger partial charge in [-0.1, -0.05) is 0 Å². The molecule has 0 aromatic heterocycles. The van der Waals surface area contributed by atoms with Crippen molar-refractivity contribution in [3.8, 4) is 0 Å². The van der Waals surface area contributed by atoms with Gasteiger partial charge in [-0.25, -0.2) is 0 Å². The average molecular weight is 259 g/mol. The van der Waals surface area contributed by atoms with E-state index in [1.165, 1.54) is 6.07 Å². The maximum Gasteiger partial charge on any atom is 0.416 e. The van der Waals surface area contributed by atoms with Crippen molar-refractivity contribution in [3.05, 3.63) is 23.8 Å². The summed E-state index contributed by atoms with van der Waals surface area (Å²) in [4.78, 5) is 1.94. The highest BCUT2D eigenvalue weighted by Crippen LogP contribution is 2.33. The van der Waals surface area contributed by atoms with E-state index in [2.05, 4.69) is 5.32 Å². The van der Waals surface area contributed by atoms with E-state index in [0.717, 1.165) is 32.1 Å². The highest BCUT2D eigenvalue weighted by atomic mass is 19.4. The molecule has 18 heavy (non-hydrogen) atoms. The van der Waals surface area contributed by atoms with E-state index in [9.17, 15) is 13.2 Å². The van der Waals surface area contributed by atoms with Crippen LogP contribution in [0.2, 0.25) is 0 Å². The van der Waals surface area contributed by atoms with Gasteiger partial charge < -0.3 is 16.0 Å². The molecule has 0 bridgehead atoms. The molecule has 0 atom stereocenters. The summed E-state index contributed by atoms with van der Waals surface area (Å²) in [6, 6.07) is 3.74.